The zero-order valence-electron chi connectivity index (χ0n) is 27.0. The quantitative estimate of drug-likeness (QED) is 0.485. The third-order valence-corrected chi connectivity index (χ3v) is 8.28. The van der Waals surface area contributed by atoms with Gasteiger partial charge in [-0.05, 0) is 76.4 Å². The van der Waals surface area contributed by atoms with Gasteiger partial charge in [0.05, 0.1) is 7.11 Å². The van der Waals surface area contributed by atoms with Crippen molar-refractivity contribution in [3.8, 4) is 11.5 Å². The number of likely N-dealkylation sites (N-methyl/N-ethyl adjacent to an activating group) is 1. The molecule has 5 rings (SSSR count). The van der Waals surface area contributed by atoms with Gasteiger partial charge < -0.3 is 34.3 Å². The molecule has 1 fully saturated rings. The number of rotatable bonds is 5. The van der Waals surface area contributed by atoms with Gasteiger partial charge in [0.2, 0.25) is 5.91 Å². The summed E-state index contributed by atoms with van der Waals surface area (Å²) in [4.78, 5) is 57.8. The number of methoxy groups -OCH3 is 1. The SMILES string of the molecule is CCc1oc(C(=O)N2CCCCN(C)C(=O)[C@H](C)NC(=O)COc3ccc(cc3OC)C(=O)NCCC2)cc1CN1CCCC1. The molecular weight excluding hydrogens is 578 g/mol. The number of benzene rings is 1. The molecule has 0 saturated carbocycles. The van der Waals surface area contributed by atoms with E-state index in [2.05, 4.69) is 15.5 Å². The van der Waals surface area contributed by atoms with E-state index < -0.39 is 11.9 Å². The number of nitrogens with zero attached hydrogens (tertiary/aromatic N) is 3. The molecule has 1 aromatic carbocycles. The zero-order valence-corrected chi connectivity index (χ0v) is 27.0. The predicted octanol–water partition coefficient (Wildman–Crippen LogP) is 2.84. The van der Waals surface area contributed by atoms with Crippen LogP contribution < -0.4 is 20.1 Å². The van der Waals surface area contributed by atoms with Crippen molar-refractivity contribution in [1.29, 1.82) is 0 Å². The van der Waals surface area contributed by atoms with Gasteiger partial charge in [-0.15, -0.1) is 0 Å². The van der Waals surface area contributed by atoms with Crippen LogP contribution in [0.3, 0.4) is 0 Å². The maximum atomic E-state index is 13.8. The summed E-state index contributed by atoms with van der Waals surface area (Å²) in [7, 11) is 3.15. The number of nitrogens with one attached hydrogen (secondary N) is 2. The van der Waals surface area contributed by atoms with E-state index in [4.69, 9.17) is 13.9 Å². The molecule has 1 atom stereocenters. The molecule has 4 amide bonds. The summed E-state index contributed by atoms with van der Waals surface area (Å²) in [5, 5.41) is 5.59. The fourth-order valence-electron chi connectivity index (χ4n) is 5.74. The Morgan fingerprint density at radius 2 is 1.71 bits per heavy atom. The van der Waals surface area contributed by atoms with E-state index >= 15 is 0 Å². The van der Waals surface area contributed by atoms with Crippen LogP contribution >= 0.6 is 0 Å². The molecule has 2 bridgehead atoms. The number of hydrogen-bond acceptors (Lipinski definition) is 8. The number of furan rings is 1. The molecule has 0 radical (unpaired) electrons. The number of amides is 4. The summed E-state index contributed by atoms with van der Waals surface area (Å²) in [6.07, 6.45) is 4.96. The molecule has 3 aliphatic heterocycles. The van der Waals surface area contributed by atoms with Gasteiger partial charge >= 0.3 is 0 Å². The number of likely N-dealkylation sites (tertiary alicyclic amines) is 1. The van der Waals surface area contributed by atoms with Crippen molar-refractivity contribution < 1.29 is 33.1 Å². The Balaban J connectivity index is 1.49. The zero-order chi connectivity index (χ0) is 32.3. The summed E-state index contributed by atoms with van der Waals surface area (Å²) in [6, 6.07) is 5.85. The van der Waals surface area contributed by atoms with Crippen LogP contribution in [0.5, 0.6) is 11.5 Å². The fourth-order valence-corrected chi connectivity index (χ4v) is 5.74. The van der Waals surface area contributed by atoms with Crippen LogP contribution in [0, 0.1) is 0 Å². The highest BCUT2D eigenvalue weighted by Gasteiger charge is 2.24. The normalized spacial score (nSPS) is 19.9. The lowest BCUT2D eigenvalue weighted by molar-refractivity contribution is -0.135. The molecule has 45 heavy (non-hydrogen) atoms. The molecule has 0 unspecified atom stereocenters. The Kier molecular flexibility index (Phi) is 12.3. The Hall–Kier alpha value is -4.06. The van der Waals surface area contributed by atoms with E-state index in [0.29, 0.717) is 74.7 Å². The molecule has 12 nitrogen and oxygen atoms in total. The number of carbonyl (C=O) groups excluding carboxylic acids is 4. The molecule has 4 heterocycles. The first kappa shape index (κ1) is 33.8. The minimum Gasteiger partial charge on any atom is -0.493 e. The Labute approximate surface area is 265 Å². The fraction of sp³-hybridized carbons (Fsp3) is 0.576. The van der Waals surface area contributed by atoms with Gasteiger partial charge in [0, 0.05) is 57.3 Å². The van der Waals surface area contributed by atoms with Crippen molar-refractivity contribution in [3.63, 3.8) is 0 Å². The van der Waals surface area contributed by atoms with E-state index in [1.807, 2.05) is 13.0 Å². The highest BCUT2D eigenvalue weighted by atomic mass is 16.5. The van der Waals surface area contributed by atoms with Gasteiger partial charge in [0.25, 0.3) is 17.7 Å². The molecular formula is C33H47N5O7. The standard InChI is InChI=1S/C33H47N5O7/c1-5-26-25(21-37-15-7-8-16-37)20-29(45-26)33(42)38-17-9-6-14-36(3)32(41)23(2)35-30(39)22-44-27-12-11-24(19-28(27)43-4)31(40)34-13-10-18-38/h11-12,19-20,23H,5-10,13-18,21-22H2,1-4H3,(H,34,40)(H,35,39)/t23-/m0/s1. The van der Waals surface area contributed by atoms with Gasteiger partial charge in [-0.25, -0.2) is 0 Å². The Morgan fingerprint density at radius 3 is 2.44 bits per heavy atom. The van der Waals surface area contributed by atoms with Crippen LogP contribution in [0.25, 0.3) is 0 Å². The van der Waals surface area contributed by atoms with Crippen molar-refractivity contribution in [1.82, 2.24) is 25.3 Å². The lowest BCUT2D eigenvalue weighted by Gasteiger charge is -2.24. The molecule has 1 saturated heterocycles. The molecule has 12 heteroatoms. The van der Waals surface area contributed by atoms with E-state index in [0.717, 1.165) is 31.0 Å². The first-order valence-electron chi connectivity index (χ1n) is 16.0. The molecule has 2 N–H and O–H groups in total. The average molecular weight is 626 g/mol. The third-order valence-electron chi connectivity index (χ3n) is 8.28. The van der Waals surface area contributed by atoms with Crippen LogP contribution in [-0.4, -0.2) is 104 Å². The largest absolute Gasteiger partial charge is 0.493 e. The van der Waals surface area contributed by atoms with Gasteiger partial charge in [-0.1, -0.05) is 6.92 Å². The van der Waals surface area contributed by atoms with E-state index in [9.17, 15) is 19.2 Å². The highest BCUT2D eigenvalue weighted by molar-refractivity contribution is 5.95. The summed E-state index contributed by atoms with van der Waals surface area (Å²) in [5.74, 6) is 0.633. The van der Waals surface area contributed by atoms with E-state index in [1.165, 1.54) is 20.0 Å². The van der Waals surface area contributed by atoms with Crippen molar-refractivity contribution in [2.75, 3.05) is 60.0 Å². The topological polar surface area (TPSA) is 134 Å². The smallest absolute Gasteiger partial charge is 0.289 e. The Morgan fingerprint density at radius 1 is 1.00 bits per heavy atom. The second-order valence-electron chi connectivity index (χ2n) is 11.7. The minimum absolute atomic E-state index is 0.178. The maximum Gasteiger partial charge on any atom is 0.289 e. The van der Waals surface area contributed by atoms with Crippen molar-refractivity contribution >= 4 is 23.6 Å². The molecule has 2 aromatic rings. The number of hydrogen-bond donors (Lipinski definition) is 2. The lowest BCUT2D eigenvalue weighted by atomic mass is 10.2. The first-order chi connectivity index (χ1) is 21.7. The molecule has 1 aromatic heterocycles. The van der Waals surface area contributed by atoms with Gasteiger partial charge in [-0.2, -0.15) is 0 Å². The molecule has 0 spiro atoms. The monoisotopic (exact) mass is 625 g/mol. The lowest BCUT2D eigenvalue weighted by Crippen LogP contribution is -2.47. The third kappa shape index (κ3) is 9.23. The second-order valence-corrected chi connectivity index (χ2v) is 11.7. The molecule has 0 aliphatic carbocycles. The number of ether oxygens (including phenoxy) is 2. The van der Waals surface area contributed by atoms with Crippen LogP contribution in [0.4, 0.5) is 0 Å². The first-order valence-corrected chi connectivity index (χ1v) is 16.0. The van der Waals surface area contributed by atoms with Crippen molar-refractivity contribution in [2.24, 2.45) is 0 Å². The van der Waals surface area contributed by atoms with Crippen LogP contribution in [0.2, 0.25) is 0 Å². The molecule has 3 aliphatic rings. The molecule has 246 valence electrons. The van der Waals surface area contributed by atoms with Crippen LogP contribution in [0.15, 0.2) is 28.7 Å². The summed E-state index contributed by atoms with van der Waals surface area (Å²) < 4.78 is 17.1. The van der Waals surface area contributed by atoms with Gasteiger partial charge in [0.1, 0.15) is 11.8 Å². The number of fused-ring (bicyclic) bond motifs is 18. The second kappa shape index (κ2) is 16.3. The van der Waals surface area contributed by atoms with Gasteiger partial charge in [-0.3, -0.25) is 24.1 Å². The van der Waals surface area contributed by atoms with E-state index in [-0.39, 0.29) is 24.3 Å². The highest BCUT2D eigenvalue weighted by Crippen LogP contribution is 2.28. The predicted molar refractivity (Wildman–Crippen MR) is 168 cm³/mol. The minimum atomic E-state index is -0.743. The Bertz CT molecular complexity index is 1340. The van der Waals surface area contributed by atoms with Crippen molar-refractivity contribution in [2.45, 2.75) is 65.0 Å². The van der Waals surface area contributed by atoms with E-state index in [1.54, 1.807) is 42.0 Å². The van der Waals surface area contributed by atoms with Crippen LogP contribution in [-0.2, 0) is 22.6 Å². The number of aryl methyl sites for hydroxylation is 1. The summed E-state index contributed by atoms with van der Waals surface area (Å²) in [5.41, 5.74) is 1.44. The van der Waals surface area contributed by atoms with Gasteiger partial charge in [0.15, 0.2) is 23.9 Å². The maximum absolute atomic E-state index is 13.8. The van der Waals surface area contributed by atoms with Crippen LogP contribution in [0.1, 0.15) is 78.2 Å². The summed E-state index contributed by atoms with van der Waals surface area (Å²) in [6.45, 7) is 7.97. The number of carbonyl (C=O) groups is 4. The average Bonchev–Trinajstić information content (AvgIpc) is 3.71. The van der Waals surface area contributed by atoms with Crippen molar-refractivity contribution in [3.05, 3.63) is 46.9 Å². The summed E-state index contributed by atoms with van der Waals surface area (Å²) >= 11 is 0.